The van der Waals surface area contributed by atoms with Crippen LogP contribution in [-0.2, 0) is 10.8 Å². The van der Waals surface area contributed by atoms with Gasteiger partial charge in [-0.1, -0.05) is 295 Å². The maximum absolute atomic E-state index is 7.33. The first kappa shape index (κ1) is 75.1. The van der Waals surface area contributed by atoms with Gasteiger partial charge < -0.3 is 36.9 Å². The fraction of sp³-hybridized carbons (Fsp3) is 0.0924. The Hall–Kier alpha value is -15.6. The molecule has 0 saturated heterocycles. The Kier molecular flexibility index (Phi) is 17.3. The first-order valence-electron chi connectivity index (χ1n) is 43.9. The minimum atomic E-state index is -0.875. The number of fused-ring (bicyclic) bond motifs is 14. The molecule has 22 aromatic rings. The predicted octanol–water partition coefficient (Wildman–Crippen LogP) is 33.7. The van der Waals surface area contributed by atoms with Crippen LogP contribution in [0.25, 0.3) is 177 Å². The summed E-state index contributed by atoms with van der Waals surface area (Å²) < 4.78 is 40.7. The van der Waals surface area contributed by atoms with Gasteiger partial charge in [0.15, 0.2) is 0 Å². The van der Waals surface area contributed by atoms with Crippen molar-refractivity contribution >= 4 is 122 Å². The minimum Gasteiger partial charge on any atom is -0.455 e. The Morgan fingerprint density at radius 3 is 0.685 bits per heavy atom. The molecule has 0 amide bonds. The number of hydrogen-bond acceptors (Lipinski definition) is 8. The second kappa shape index (κ2) is 29.3. The van der Waals surface area contributed by atoms with Crippen LogP contribution in [0.5, 0.6) is 11.5 Å². The third-order valence-corrected chi connectivity index (χ3v) is 26.8. The fourth-order valence-electron chi connectivity index (χ4n) is 20.6. The summed E-state index contributed by atoms with van der Waals surface area (Å²) in [6, 6.07) is 139. The third-order valence-electron chi connectivity index (χ3n) is 26.8. The van der Waals surface area contributed by atoms with Gasteiger partial charge >= 0.3 is 0 Å². The molecular weight excluding hydrogens is 1550 g/mol. The van der Waals surface area contributed by atoms with Crippen molar-refractivity contribution in [2.75, 3.05) is 9.80 Å². The first-order chi connectivity index (χ1) is 62.1. The molecule has 24 rings (SSSR count). The van der Waals surface area contributed by atoms with Crippen molar-refractivity contribution < 1.29 is 27.1 Å². The van der Waals surface area contributed by atoms with E-state index in [1.165, 1.54) is 22.3 Å². The first-order valence-corrected chi connectivity index (χ1v) is 43.9. The van der Waals surface area contributed by atoms with Crippen LogP contribution in [0.1, 0.15) is 62.8 Å². The lowest BCUT2D eigenvalue weighted by molar-refractivity contribution is -0.166. The molecule has 2 aliphatic heterocycles. The number of aryl methyl sites for hydroxylation is 2. The summed E-state index contributed by atoms with van der Waals surface area (Å²) >= 11 is 0. The van der Waals surface area contributed by atoms with Gasteiger partial charge in [-0.3, -0.25) is 0 Å². The summed E-state index contributed by atoms with van der Waals surface area (Å²) in [5, 5.41) is 8.91. The lowest BCUT2D eigenvalue weighted by atomic mass is 9.68. The molecule has 0 radical (unpaired) electrons. The van der Waals surface area contributed by atoms with Crippen molar-refractivity contribution in [2.24, 2.45) is 0 Å². The second-order valence-electron chi connectivity index (χ2n) is 35.8. The normalized spacial score (nSPS) is 13.8. The lowest BCUT2D eigenvalue weighted by Gasteiger charge is -2.51. The summed E-state index contributed by atoms with van der Waals surface area (Å²) in [5.74, 6) is 0.893. The van der Waals surface area contributed by atoms with Crippen molar-refractivity contribution in [1.82, 2.24) is 0 Å². The molecule has 8 heteroatoms. The van der Waals surface area contributed by atoms with E-state index in [1.807, 2.05) is 48.5 Å². The van der Waals surface area contributed by atoms with Gasteiger partial charge in [0.1, 0.15) is 56.2 Å². The topological polar surface area (TPSA) is 77.5 Å². The number of nitrogens with zero attached hydrogens (tertiary/aromatic N) is 2. The van der Waals surface area contributed by atoms with E-state index in [0.717, 1.165) is 222 Å². The van der Waals surface area contributed by atoms with E-state index in [0.29, 0.717) is 12.8 Å². The summed E-state index contributed by atoms with van der Waals surface area (Å²) in [6.07, 6.45) is 1.38. The van der Waals surface area contributed by atoms with Crippen LogP contribution in [0.3, 0.4) is 0 Å². The number of anilines is 6. The highest BCUT2D eigenvalue weighted by molar-refractivity contribution is 6.13. The summed E-state index contributed by atoms with van der Waals surface area (Å²) in [7, 11) is 0. The van der Waals surface area contributed by atoms with Crippen LogP contribution in [0.2, 0.25) is 0 Å². The number of benzene rings is 18. The number of ether oxygens (including phenoxy) is 2. The predicted molar refractivity (Wildman–Crippen MR) is 524 cm³/mol. The van der Waals surface area contributed by atoms with Gasteiger partial charge in [0.2, 0.25) is 0 Å². The van der Waals surface area contributed by atoms with E-state index in [-0.39, 0.29) is 10.8 Å². The van der Waals surface area contributed by atoms with E-state index in [4.69, 9.17) is 27.1 Å². The van der Waals surface area contributed by atoms with Gasteiger partial charge in [-0.2, -0.15) is 0 Å². The molecule has 0 bridgehead atoms. The monoisotopic (exact) mass is 1640 g/mol. The zero-order valence-corrected chi connectivity index (χ0v) is 71.2. The SMILES string of the molecule is Cc1cc2c(cc1-c1ccc(-c3ccc(N(c4ccc(-c5cccc6c5oc5ccccc56)cc4)c4ccc(-c5cccc6c5oc5ccccc56)cc4)cc3)cc1)C(C)(C)CC1(CC(C)(C)c3cc(-c4ccc(-c5ccc(N(c6ccc(-c7cccc8c7oc7ccccc78)cc6)c6ccc(-c7cccc8c7oc7ccccc78)cc6)cc5)cc4)c(C)cc3O1)O2. The number of rotatable bonds is 14. The highest BCUT2D eigenvalue weighted by atomic mass is 16.7. The molecule has 0 N–H and O–H groups in total. The molecule has 0 fully saturated rings. The van der Waals surface area contributed by atoms with Gasteiger partial charge in [0.25, 0.3) is 5.79 Å². The van der Waals surface area contributed by atoms with Crippen LogP contribution in [0.4, 0.5) is 34.1 Å². The molecule has 0 unspecified atom stereocenters. The van der Waals surface area contributed by atoms with Crippen molar-refractivity contribution in [3.05, 3.63) is 411 Å². The Morgan fingerprint density at radius 2 is 0.425 bits per heavy atom. The van der Waals surface area contributed by atoms with E-state index < -0.39 is 5.79 Å². The lowest BCUT2D eigenvalue weighted by Crippen LogP contribution is -2.55. The van der Waals surface area contributed by atoms with Crippen LogP contribution in [0, 0.1) is 13.8 Å². The Labute approximate surface area is 736 Å². The minimum absolute atomic E-state index is 0.282. The van der Waals surface area contributed by atoms with Crippen molar-refractivity contribution in [3.8, 4) is 101 Å². The zero-order valence-electron chi connectivity index (χ0n) is 71.2. The average Bonchev–Trinajstić information content (AvgIpc) is 1.30. The molecule has 8 nitrogen and oxygen atoms in total. The molecule has 18 aromatic carbocycles. The Balaban J connectivity index is 0.479. The van der Waals surface area contributed by atoms with Gasteiger partial charge in [-0.15, -0.1) is 0 Å². The van der Waals surface area contributed by atoms with Crippen molar-refractivity contribution in [1.29, 1.82) is 0 Å². The molecule has 2 aliphatic rings. The summed E-state index contributed by atoms with van der Waals surface area (Å²) in [5.41, 5.74) is 35.2. The summed E-state index contributed by atoms with van der Waals surface area (Å²) in [4.78, 5) is 4.67. The maximum atomic E-state index is 7.33. The second-order valence-corrected chi connectivity index (χ2v) is 35.8. The van der Waals surface area contributed by atoms with E-state index in [2.05, 4.69) is 391 Å². The van der Waals surface area contributed by atoms with Crippen molar-refractivity contribution in [2.45, 2.75) is 71.0 Å². The zero-order chi connectivity index (χ0) is 85.0. The van der Waals surface area contributed by atoms with Crippen LogP contribution in [0.15, 0.2) is 406 Å². The Morgan fingerprint density at radius 1 is 0.213 bits per heavy atom. The van der Waals surface area contributed by atoms with Gasteiger partial charge in [0.05, 0.1) is 0 Å². The maximum Gasteiger partial charge on any atom is 0.252 e. The number of furan rings is 4. The van der Waals surface area contributed by atoms with E-state index in [1.54, 1.807) is 0 Å². The quantitative estimate of drug-likeness (QED) is 0.107. The number of para-hydroxylation sites is 8. The Bertz CT molecular complexity index is 7310. The molecule has 0 saturated carbocycles. The van der Waals surface area contributed by atoms with Crippen LogP contribution < -0.4 is 19.3 Å². The molecule has 127 heavy (non-hydrogen) atoms. The smallest absolute Gasteiger partial charge is 0.252 e. The van der Waals surface area contributed by atoms with Gasteiger partial charge in [0, 0.05) is 134 Å². The van der Waals surface area contributed by atoms with Crippen LogP contribution >= 0.6 is 0 Å². The third kappa shape index (κ3) is 12.8. The molecule has 4 aromatic heterocycles. The largest absolute Gasteiger partial charge is 0.455 e. The van der Waals surface area contributed by atoms with E-state index in [9.17, 15) is 0 Å². The standard InChI is InChI=1S/C119H86N2O6/c1-73-67-111-105(69-103(73)83-39-35-75(36-40-83)77-43-55-85(56-44-77)120(87-59-47-79(48-60-87)91-23-15-27-99-95-19-7-11-31-107(95)122-113(91)99)88-61-49-80(50-62-88)92-24-16-28-100-96-20-8-12-32-108(96)123-114(92)100)117(3,4)71-119(126-111)72-118(5,6)106-70-104(74(2)68-112(106)127-119)84-41-37-76(38-42-84)78-45-57-86(58-46-78)121(89-63-51-81(52-64-89)93-25-17-29-101-97-21-9-13-33-109(97)124-115(93)101)90-65-53-82(54-66-90)94-26-18-30-102-98-22-10-14-34-110(98)125-116(94)102/h7-70H,71-72H2,1-6H3. The highest BCUT2D eigenvalue weighted by Gasteiger charge is 2.53. The molecule has 6 heterocycles. The fourth-order valence-corrected chi connectivity index (χ4v) is 20.6. The highest BCUT2D eigenvalue weighted by Crippen LogP contribution is 2.57. The molecule has 608 valence electrons. The molecule has 0 atom stereocenters. The van der Waals surface area contributed by atoms with Gasteiger partial charge in [-0.25, -0.2) is 0 Å². The summed E-state index contributed by atoms with van der Waals surface area (Å²) in [6.45, 7) is 13.8. The molecule has 1 spiro atoms. The molecule has 0 aliphatic carbocycles. The molecular formula is C119H86N2O6. The van der Waals surface area contributed by atoms with Gasteiger partial charge in [-0.05, 0) is 213 Å². The van der Waals surface area contributed by atoms with Crippen molar-refractivity contribution in [3.63, 3.8) is 0 Å². The van der Waals surface area contributed by atoms with E-state index >= 15 is 0 Å². The average molecular weight is 1640 g/mol. The number of hydrogen-bond donors (Lipinski definition) is 0. The van der Waals surface area contributed by atoms with Crippen LogP contribution in [-0.4, -0.2) is 5.79 Å².